The lowest BCUT2D eigenvalue weighted by Gasteiger charge is -2.56. The van der Waals surface area contributed by atoms with Crippen LogP contribution in [0, 0.1) is 22.7 Å². The van der Waals surface area contributed by atoms with Crippen LogP contribution in [0.2, 0.25) is 0 Å². The average molecular weight is 553 g/mol. The van der Waals surface area contributed by atoms with Gasteiger partial charge in [0.1, 0.15) is 23.4 Å². The molecule has 8 atom stereocenters. The first-order valence-corrected chi connectivity index (χ1v) is 14.0. The number of hydrogen-bond acceptors (Lipinski definition) is 8. The van der Waals surface area contributed by atoms with E-state index in [1.807, 2.05) is 26.8 Å². The van der Waals surface area contributed by atoms with Crippen LogP contribution in [0.1, 0.15) is 67.7 Å². The van der Waals surface area contributed by atoms with Crippen molar-refractivity contribution in [3.05, 3.63) is 58.7 Å². The van der Waals surface area contributed by atoms with Crippen LogP contribution in [-0.4, -0.2) is 57.6 Å². The molecule has 0 amide bonds. The predicted molar refractivity (Wildman–Crippen MR) is 146 cm³/mol. The van der Waals surface area contributed by atoms with E-state index in [-0.39, 0.29) is 5.92 Å². The number of rotatable bonds is 3. The molecule has 3 aliphatic carbocycles. The van der Waals surface area contributed by atoms with Crippen LogP contribution in [0.4, 0.5) is 0 Å². The number of carbonyl (C=O) groups is 3. The van der Waals surface area contributed by atoms with Crippen molar-refractivity contribution >= 4 is 17.9 Å². The molecule has 0 aromatic carbocycles. The quantitative estimate of drug-likeness (QED) is 0.398. The third kappa shape index (κ3) is 4.14. The van der Waals surface area contributed by atoms with Gasteiger partial charge in [-0.1, -0.05) is 44.2 Å². The lowest BCUT2D eigenvalue weighted by Crippen LogP contribution is -2.62. The molecular weight excluding hydrogens is 512 g/mol. The number of aliphatic hydroxyl groups excluding tert-OH is 1. The number of fused-ring (bicyclic) bond motifs is 3. The van der Waals surface area contributed by atoms with E-state index in [1.165, 1.54) is 13.0 Å². The van der Waals surface area contributed by atoms with Crippen molar-refractivity contribution in [2.24, 2.45) is 22.7 Å². The van der Waals surface area contributed by atoms with E-state index in [0.717, 1.165) is 16.7 Å². The Kier molecular flexibility index (Phi) is 6.62. The molecule has 2 N–H and O–H groups in total. The zero-order valence-electron chi connectivity index (χ0n) is 24.3. The Labute approximate surface area is 235 Å². The van der Waals surface area contributed by atoms with Gasteiger partial charge in [-0.25, -0.2) is 9.59 Å². The van der Waals surface area contributed by atoms with Crippen LogP contribution in [-0.2, 0) is 28.6 Å². The molecule has 0 aromatic rings. The molecule has 2 aliphatic heterocycles. The van der Waals surface area contributed by atoms with Gasteiger partial charge in [-0.15, -0.1) is 0 Å². The van der Waals surface area contributed by atoms with Crippen molar-refractivity contribution in [2.75, 3.05) is 0 Å². The van der Waals surface area contributed by atoms with Gasteiger partial charge in [0.25, 0.3) is 0 Å². The minimum Gasteiger partial charge on any atom is -0.462 e. The molecule has 1 saturated carbocycles. The molecule has 40 heavy (non-hydrogen) atoms. The summed E-state index contributed by atoms with van der Waals surface area (Å²) in [6, 6.07) is 0. The first-order valence-electron chi connectivity index (χ1n) is 14.0. The fourth-order valence-electron chi connectivity index (χ4n) is 8.22. The first kappa shape index (κ1) is 28.6. The van der Waals surface area contributed by atoms with Crippen molar-refractivity contribution in [3.63, 3.8) is 0 Å². The number of esters is 3. The van der Waals surface area contributed by atoms with Crippen molar-refractivity contribution < 1.29 is 38.8 Å². The molecule has 2 heterocycles. The molecular formula is C32H40O8. The normalized spacial score (nSPS) is 39.8. The molecule has 0 radical (unpaired) electrons. The van der Waals surface area contributed by atoms with E-state index in [9.17, 15) is 24.6 Å². The molecule has 216 valence electrons. The SMILES string of the molecule is CC(=O)O[C@H]1CC2=C(C=C[C@@H]3C(=C2)C=CC(=O)OC3(C)C)[C@]2(C)C[C@H](O)[C@H]([C@@](C)(O)[C@H]3CC=C(C)C(=O)O3)[C@@]12C. The number of allylic oxidation sites excluding steroid dienone is 4. The molecule has 1 fully saturated rings. The van der Waals surface area contributed by atoms with Crippen LogP contribution in [0.25, 0.3) is 0 Å². The lowest BCUT2D eigenvalue weighted by molar-refractivity contribution is -0.205. The summed E-state index contributed by atoms with van der Waals surface area (Å²) in [5, 5.41) is 23.8. The summed E-state index contributed by atoms with van der Waals surface area (Å²) in [6.45, 7) is 12.4. The summed E-state index contributed by atoms with van der Waals surface area (Å²) in [5.41, 5.74) is -0.729. The van der Waals surface area contributed by atoms with Gasteiger partial charge in [-0.05, 0) is 50.8 Å². The number of hydrogen-bond donors (Lipinski definition) is 2. The molecule has 5 rings (SSSR count). The fraction of sp³-hybridized carbons (Fsp3) is 0.594. The van der Waals surface area contributed by atoms with Gasteiger partial charge in [-0.2, -0.15) is 0 Å². The molecule has 8 heteroatoms. The van der Waals surface area contributed by atoms with E-state index in [0.29, 0.717) is 24.8 Å². The Morgan fingerprint density at radius 2 is 1.85 bits per heavy atom. The van der Waals surface area contributed by atoms with Gasteiger partial charge in [0.15, 0.2) is 0 Å². The first-order chi connectivity index (χ1) is 18.5. The highest BCUT2D eigenvalue weighted by molar-refractivity contribution is 5.88. The van der Waals surface area contributed by atoms with Gasteiger partial charge in [-0.3, -0.25) is 4.79 Å². The van der Waals surface area contributed by atoms with Crippen molar-refractivity contribution in [3.8, 4) is 0 Å². The zero-order valence-corrected chi connectivity index (χ0v) is 24.3. The summed E-state index contributed by atoms with van der Waals surface area (Å²) in [4.78, 5) is 37.1. The highest BCUT2D eigenvalue weighted by Crippen LogP contribution is 2.69. The highest BCUT2D eigenvalue weighted by Gasteiger charge is 2.71. The molecule has 0 bridgehead atoms. The Bertz CT molecular complexity index is 1310. The standard InChI is InChI=1S/C32H40O8/c1-17-8-12-24(39-28(17)36)32(7,37)27-23(34)16-30(5)22-11-10-21-19(9-13-26(35)40-29(21,3)4)14-20(22)15-25(31(27,30)6)38-18(2)33/h8-11,13-14,21,23-25,27,34,37H,12,15-16H2,1-7H3/t21-,23+,24-,25+,27+,30+,31-,32+/m1/s1. The summed E-state index contributed by atoms with van der Waals surface area (Å²) in [5.74, 6) is -2.34. The van der Waals surface area contributed by atoms with Gasteiger partial charge >= 0.3 is 17.9 Å². The molecule has 5 aliphatic rings. The number of cyclic esters (lactones) is 2. The molecule has 0 unspecified atom stereocenters. The van der Waals surface area contributed by atoms with Gasteiger partial charge in [0.2, 0.25) is 0 Å². The topological polar surface area (TPSA) is 119 Å². The van der Waals surface area contributed by atoms with E-state index in [4.69, 9.17) is 14.2 Å². The maximum absolute atomic E-state index is 12.5. The van der Waals surface area contributed by atoms with E-state index < -0.39 is 64.2 Å². The molecule has 0 aromatic heterocycles. The summed E-state index contributed by atoms with van der Waals surface area (Å²) in [7, 11) is 0. The van der Waals surface area contributed by atoms with Crippen molar-refractivity contribution in [1.82, 2.24) is 0 Å². The Morgan fingerprint density at radius 3 is 2.50 bits per heavy atom. The van der Waals surface area contributed by atoms with Gasteiger partial charge < -0.3 is 24.4 Å². The summed E-state index contributed by atoms with van der Waals surface area (Å²) < 4.78 is 17.4. The van der Waals surface area contributed by atoms with Gasteiger partial charge in [0, 0.05) is 54.1 Å². The second-order valence-corrected chi connectivity index (χ2v) is 13.2. The van der Waals surface area contributed by atoms with Crippen LogP contribution >= 0.6 is 0 Å². The van der Waals surface area contributed by atoms with Gasteiger partial charge in [0.05, 0.1) is 6.10 Å². The minimum atomic E-state index is -1.62. The molecule has 8 nitrogen and oxygen atoms in total. The van der Waals surface area contributed by atoms with E-state index in [1.54, 1.807) is 26.0 Å². The number of ether oxygens (including phenoxy) is 3. The lowest BCUT2D eigenvalue weighted by atomic mass is 9.51. The maximum Gasteiger partial charge on any atom is 0.333 e. The summed E-state index contributed by atoms with van der Waals surface area (Å²) >= 11 is 0. The monoisotopic (exact) mass is 552 g/mol. The molecule has 0 spiro atoms. The van der Waals surface area contributed by atoms with E-state index >= 15 is 0 Å². The highest BCUT2D eigenvalue weighted by atomic mass is 16.6. The average Bonchev–Trinajstić information content (AvgIpc) is 2.93. The Balaban J connectivity index is 1.66. The number of aliphatic hydroxyl groups is 2. The third-order valence-electron chi connectivity index (χ3n) is 10.3. The van der Waals surface area contributed by atoms with Crippen molar-refractivity contribution in [1.29, 1.82) is 0 Å². The smallest absolute Gasteiger partial charge is 0.333 e. The summed E-state index contributed by atoms with van der Waals surface area (Å²) in [6.07, 6.45) is 9.59. The third-order valence-corrected chi connectivity index (χ3v) is 10.3. The second kappa shape index (κ2) is 9.28. The van der Waals surface area contributed by atoms with Crippen LogP contribution in [0.3, 0.4) is 0 Å². The molecule has 0 saturated heterocycles. The Hall–Kier alpha value is -2.97. The second-order valence-electron chi connectivity index (χ2n) is 13.2. The van der Waals surface area contributed by atoms with Crippen LogP contribution in [0.5, 0.6) is 0 Å². The van der Waals surface area contributed by atoms with Crippen LogP contribution < -0.4 is 0 Å². The minimum absolute atomic E-state index is 0.218. The Morgan fingerprint density at radius 1 is 1.15 bits per heavy atom. The van der Waals surface area contributed by atoms with Crippen LogP contribution in [0.15, 0.2) is 58.7 Å². The number of carbonyl (C=O) groups excluding carboxylic acids is 3. The fourth-order valence-corrected chi connectivity index (χ4v) is 8.22. The zero-order chi connectivity index (χ0) is 29.4. The van der Waals surface area contributed by atoms with Crippen molar-refractivity contribution in [2.45, 2.75) is 97.2 Å². The largest absolute Gasteiger partial charge is 0.462 e. The maximum atomic E-state index is 12.5. The van der Waals surface area contributed by atoms with E-state index in [2.05, 4.69) is 19.1 Å². The predicted octanol–water partition coefficient (Wildman–Crippen LogP) is 4.03.